The average Bonchev–Trinajstić information content (AvgIpc) is 2.75. The van der Waals surface area contributed by atoms with Crippen LogP contribution in [-0.4, -0.2) is 39.1 Å². The van der Waals surface area contributed by atoms with Gasteiger partial charge < -0.3 is 4.90 Å². The zero-order valence-corrected chi connectivity index (χ0v) is 11.0. The average molecular weight is 256 g/mol. The van der Waals surface area contributed by atoms with Crippen molar-refractivity contribution in [3.63, 3.8) is 0 Å². The van der Waals surface area contributed by atoms with Gasteiger partial charge >= 0.3 is 0 Å². The fourth-order valence-electron chi connectivity index (χ4n) is 2.28. The molecule has 1 aliphatic rings. The van der Waals surface area contributed by atoms with Crippen molar-refractivity contribution in [2.24, 2.45) is 13.0 Å². The van der Waals surface area contributed by atoms with Crippen LogP contribution in [0, 0.1) is 5.92 Å². The van der Waals surface area contributed by atoms with Gasteiger partial charge in [0.15, 0.2) is 0 Å². The van der Waals surface area contributed by atoms with E-state index in [1.54, 1.807) is 17.1 Å². The third-order valence-corrected chi connectivity index (χ3v) is 3.78. The topological polar surface area (TPSA) is 38.1 Å². The molecule has 5 heteroatoms. The zero-order valence-electron chi connectivity index (χ0n) is 10.3. The van der Waals surface area contributed by atoms with Crippen molar-refractivity contribution in [2.75, 3.05) is 13.1 Å². The lowest BCUT2D eigenvalue weighted by Crippen LogP contribution is -2.39. The summed E-state index contributed by atoms with van der Waals surface area (Å²) >= 11 is 6.09. The number of carbonyl (C=O) groups excluding carboxylic acids is 1. The van der Waals surface area contributed by atoms with Crippen LogP contribution in [-0.2, 0) is 7.05 Å². The second-order valence-electron chi connectivity index (χ2n) is 4.71. The fourth-order valence-corrected chi connectivity index (χ4v) is 2.53. The second-order valence-corrected chi connectivity index (χ2v) is 5.40. The van der Waals surface area contributed by atoms with Gasteiger partial charge in [-0.2, -0.15) is 5.10 Å². The smallest absolute Gasteiger partial charge is 0.257 e. The van der Waals surface area contributed by atoms with E-state index in [0.717, 1.165) is 25.9 Å². The van der Waals surface area contributed by atoms with Crippen molar-refractivity contribution in [3.05, 3.63) is 18.0 Å². The van der Waals surface area contributed by atoms with Crippen LogP contribution in [0.15, 0.2) is 12.4 Å². The number of aromatic nitrogens is 2. The van der Waals surface area contributed by atoms with E-state index in [2.05, 4.69) is 5.10 Å². The van der Waals surface area contributed by atoms with Crippen LogP contribution in [0.5, 0.6) is 0 Å². The lowest BCUT2D eigenvalue weighted by atomic mass is 9.94. The molecule has 0 radical (unpaired) electrons. The molecule has 1 amide bonds. The molecule has 1 saturated heterocycles. The lowest BCUT2D eigenvalue weighted by molar-refractivity contribution is 0.0690. The number of amides is 1. The molecule has 1 fully saturated rings. The summed E-state index contributed by atoms with van der Waals surface area (Å²) in [6.07, 6.45) is 5.38. The van der Waals surface area contributed by atoms with Crippen molar-refractivity contribution < 1.29 is 4.79 Å². The molecular formula is C12H18ClN3O. The Balaban J connectivity index is 1.95. The number of carbonyl (C=O) groups is 1. The molecule has 0 N–H and O–H groups in total. The normalized spacial score (nSPS) is 19.4. The van der Waals surface area contributed by atoms with Gasteiger partial charge in [-0.3, -0.25) is 9.48 Å². The van der Waals surface area contributed by atoms with E-state index in [4.69, 9.17) is 11.6 Å². The van der Waals surface area contributed by atoms with Crippen LogP contribution in [0.4, 0.5) is 0 Å². The monoisotopic (exact) mass is 255 g/mol. The van der Waals surface area contributed by atoms with Gasteiger partial charge in [0, 0.05) is 31.7 Å². The van der Waals surface area contributed by atoms with Crippen LogP contribution < -0.4 is 0 Å². The Labute approximate surface area is 107 Å². The maximum Gasteiger partial charge on any atom is 0.257 e. The highest BCUT2D eigenvalue weighted by atomic mass is 35.5. The Morgan fingerprint density at radius 1 is 1.53 bits per heavy atom. The molecule has 0 bridgehead atoms. The molecule has 2 rings (SSSR count). The van der Waals surface area contributed by atoms with Crippen molar-refractivity contribution in [3.8, 4) is 0 Å². The van der Waals surface area contributed by atoms with E-state index in [0.29, 0.717) is 11.5 Å². The molecule has 17 heavy (non-hydrogen) atoms. The number of piperidine rings is 1. The molecule has 0 aliphatic carbocycles. The highest BCUT2D eigenvalue weighted by Gasteiger charge is 2.26. The Morgan fingerprint density at radius 3 is 2.65 bits per heavy atom. The number of alkyl halides is 1. The molecule has 1 aliphatic heterocycles. The molecule has 4 nitrogen and oxygen atoms in total. The van der Waals surface area contributed by atoms with Crippen LogP contribution in [0.1, 0.15) is 30.1 Å². The number of rotatable bonds is 2. The molecule has 1 aromatic heterocycles. The van der Waals surface area contributed by atoms with E-state index in [9.17, 15) is 4.79 Å². The summed E-state index contributed by atoms with van der Waals surface area (Å²) in [4.78, 5) is 14.0. The highest BCUT2D eigenvalue weighted by Crippen LogP contribution is 2.24. The number of hydrogen-bond donors (Lipinski definition) is 0. The van der Waals surface area contributed by atoms with Gasteiger partial charge in [0.05, 0.1) is 11.8 Å². The van der Waals surface area contributed by atoms with Gasteiger partial charge in [-0.05, 0) is 25.7 Å². The highest BCUT2D eigenvalue weighted by molar-refractivity contribution is 6.20. The quantitative estimate of drug-likeness (QED) is 0.757. The van der Waals surface area contributed by atoms with Gasteiger partial charge in [-0.25, -0.2) is 0 Å². The van der Waals surface area contributed by atoms with E-state index in [1.165, 1.54) is 0 Å². The Bertz CT molecular complexity index is 394. The van der Waals surface area contributed by atoms with E-state index >= 15 is 0 Å². The standard InChI is InChI=1S/C12H18ClN3O/c1-9(13)10-3-5-16(6-4-10)12(17)11-7-14-15(2)8-11/h7-10H,3-6H2,1-2H3. The molecule has 1 unspecified atom stereocenters. The summed E-state index contributed by atoms with van der Waals surface area (Å²) < 4.78 is 1.65. The SMILES string of the molecule is CC(Cl)C1CCN(C(=O)c2cnn(C)c2)CC1. The third kappa shape index (κ3) is 2.80. The first kappa shape index (κ1) is 12.4. The van der Waals surface area contributed by atoms with Crippen LogP contribution >= 0.6 is 11.6 Å². The summed E-state index contributed by atoms with van der Waals surface area (Å²) in [5.74, 6) is 0.619. The van der Waals surface area contributed by atoms with Gasteiger partial charge in [-0.15, -0.1) is 11.6 Å². The van der Waals surface area contributed by atoms with Crippen molar-refractivity contribution >= 4 is 17.5 Å². The summed E-state index contributed by atoms with van der Waals surface area (Å²) in [6, 6.07) is 0. The molecule has 1 aromatic rings. The number of aryl methyl sites for hydroxylation is 1. The van der Waals surface area contributed by atoms with Gasteiger partial charge in [0.25, 0.3) is 5.91 Å². The molecular weight excluding hydrogens is 238 g/mol. The minimum atomic E-state index is 0.0822. The molecule has 0 spiro atoms. The van der Waals surface area contributed by atoms with Gasteiger partial charge in [-0.1, -0.05) is 0 Å². The largest absolute Gasteiger partial charge is 0.339 e. The number of likely N-dealkylation sites (tertiary alicyclic amines) is 1. The fraction of sp³-hybridized carbons (Fsp3) is 0.667. The summed E-state index contributed by atoms with van der Waals surface area (Å²) in [7, 11) is 1.82. The van der Waals surface area contributed by atoms with E-state index in [-0.39, 0.29) is 11.3 Å². The first-order valence-corrected chi connectivity index (χ1v) is 6.43. The summed E-state index contributed by atoms with van der Waals surface area (Å²) in [5, 5.41) is 4.22. The molecule has 1 atom stereocenters. The van der Waals surface area contributed by atoms with Crippen LogP contribution in [0.3, 0.4) is 0 Å². The first-order valence-electron chi connectivity index (χ1n) is 6.00. The maximum absolute atomic E-state index is 12.1. The zero-order chi connectivity index (χ0) is 12.4. The third-order valence-electron chi connectivity index (χ3n) is 3.43. The van der Waals surface area contributed by atoms with E-state index in [1.807, 2.05) is 18.9 Å². The van der Waals surface area contributed by atoms with Crippen molar-refractivity contribution in [1.29, 1.82) is 0 Å². The Hall–Kier alpha value is -1.03. The van der Waals surface area contributed by atoms with Crippen molar-refractivity contribution in [2.45, 2.75) is 25.1 Å². The first-order chi connectivity index (χ1) is 8.08. The van der Waals surface area contributed by atoms with E-state index < -0.39 is 0 Å². The maximum atomic E-state index is 12.1. The predicted molar refractivity (Wildman–Crippen MR) is 67.2 cm³/mol. The van der Waals surface area contributed by atoms with Gasteiger partial charge in [0.1, 0.15) is 0 Å². The van der Waals surface area contributed by atoms with Crippen molar-refractivity contribution in [1.82, 2.24) is 14.7 Å². The molecule has 0 aromatic carbocycles. The minimum absolute atomic E-state index is 0.0822. The summed E-state index contributed by atoms with van der Waals surface area (Å²) in [6.45, 7) is 3.63. The number of hydrogen-bond acceptors (Lipinski definition) is 2. The van der Waals surface area contributed by atoms with Crippen LogP contribution in [0.25, 0.3) is 0 Å². The molecule has 2 heterocycles. The second kappa shape index (κ2) is 5.08. The predicted octanol–water partition coefficient (Wildman–Crippen LogP) is 1.90. The molecule has 94 valence electrons. The minimum Gasteiger partial charge on any atom is -0.339 e. The Morgan fingerprint density at radius 2 is 2.18 bits per heavy atom. The number of nitrogens with zero attached hydrogens (tertiary/aromatic N) is 3. The van der Waals surface area contributed by atoms with Crippen LogP contribution in [0.2, 0.25) is 0 Å². The van der Waals surface area contributed by atoms with Gasteiger partial charge in [0.2, 0.25) is 0 Å². The molecule has 0 saturated carbocycles. The lowest BCUT2D eigenvalue weighted by Gasteiger charge is -2.32. The number of halogens is 1. The Kier molecular flexibility index (Phi) is 3.72. The summed E-state index contributed by atoms with van der Waals surface area (Å²) in [5.41, 5.74) is 0.671.